The summed E-state index contributed by atoms with van der Waals surface area (Å²) in [7, 11) is 0. The van der Waals surface area contributed by atoms with Crippen LogP contribution in [0.5, 0.6) is 0 Å². The van der Waals surface area contributed by atoms with E-state index in [1.165, 1.54) is 18.2 Å². The van der Waals surface area contributed by atoms with Crippen LogP contribution in [-0.2, 0) is 17.9 Å². The van der Waals surface area contributed by atoms with Crippen LogP contribution < -0.4 is 0 Å². The quantitative estimate of drug-likeness (QED) is 0.793. The van der Waals surface area contributed by atoms with Gasteiger partial charge in [0.25, 0.3) is 0 Å². The van der Waals surface area contributed by atoms with E-state index in [0.717, 1.165) is 43.0 Å². The second-order valence-electron chi connectivity index (χ2n) is 6.84. The van der Waals surface area contributed by atoms with Gasteiger partial charge in [0.15, 0.2) is 11.6 Å². The molecule has 4 rings (SSSR count). The lowest BCUT2D eigenvalue weighted by molar-refractivity contribution is 0.149. The van der Waals surface area contributed by atoms with E-state index >= 15 is 0 Å². The average molecular weight is 387 g/mol. The van der Waals surface area contributed by atoms with Crippen LogP contribution in [0.25, 0.3) is 0 Å². The van der Waals surface area contributed by atoms with E-state index in [2.05, 4.69) is 14.8 Å². The molecule has 0 unspecified atom stereocenters. The second-order valence-corrected chi connectivity index (χ2v) is 6.84. The van der Waals surface area contributed by atoms with Gasteiger partial charge < -0.3 is 14.5 Å². The lowest BCUT2D eigenvalue weighted by atomic mass is 10.1. The largest absolute Gasteiger partial charge is 0.473 e. The molecule has 7 heteroatoms. The van der Waals surface area contributed by atoms with Crippen molar-refractivity contribution in [3.63, 3.8) is 0 Å². The van der Waals surface area contributed by atoms with Gasteiger partial charge in [-0.15, -0.1) is 0 Å². The van der Waals surface area contributed by atoms with Crippen LogP contribution in [0.4, 0.5) is 13.2 Å². The standard InChI is InChI=1S/C21H20F3N3O/c22-17-5-2-15(3-6-17)12-26-8-1-9-27-14-25-20(11-21(26)27)28-13-16-4-7-18(23)19(24)10-16/h2-7,10-11H,1,8-9,12-14H2. The number of ether oxygens (including phenoxy) is 1. The molecule has 0 spiro atoms. The molecule has 0 N–H and O–H groups in total. The molecule has 1 fully saturated rings. The number of aliphatic imine (C=N–C) groups is 1. The smallest absolute Gasteiger partial charge is 0.214 e. The van der Waals surface area contributed by atoms with E-state index in [0.29, 0.717) is 24.7 Å². The summed E-state index contributed by atoms with van der Waals surface area (Å²) in [5.41, 5.74) is 1.56. The number of rotatable bonds is 4. The van der Waals surface area contributed by atoms with Crippen molar-refractivity contribution in [1.82, 2.24) is 9.80 Å². The molecular weight excluding hydrogens is 367 g/mol. The van der Waals surface area contributed by atoms with Crippen LogP contribution in [0.3, 0.4) is 0 Å². The number of hydrogen-bond donors (Lipinski definition) is 0. The zero-order chi connectivity index (χ0) is 19.5. The van der Waals surface area contributed by atoms with Crippen molar-refractivity contribution in [2.24, 2.45) is 4.99 Å². The van der Waals surface area contributed by atoms with Crippen LogP contribution in [0.2, 0.25) is 0 Å². The number of benzene rings is 2. The summed E-state index contributed by atoms with van der Waals surface area (Å²) in [5.74, 6) is -0.557. The highest BCUT2D eigenvalue weighted by Crippen LogP contribution is 2.24. The maximum Gasteiger partial charge on any atom is 0.214 e. The number of fused-ring (bicyclic) bond motifs is 1. The summed E-state index contributed by atoms with van der Waals surface area (Å²) in [6.07, 6.45) is 2.88. The lowest BCUT2D eigenvalue weighted by Gasteiger charge is -2.41. The van der Waals surface area contributed by atoms with Gasteiger partial charge in [-0.05, 0) is 41.8 Å². The Hall–Kier alpha value is -2.96. The predicted octanol–water partition coefficient (Wildman–Crippen LogP) is 4.04. The maximum absolute atomic E-state index is 13.3. The summed E-state index contributed by atoms with van der Waals surface area (Å²) in [6, 6.07) is 10.2. The summed E-state index contributed by atoms with van der Waals surface area (Å²) >= 11 is 0. The van der Waals surface area contributed by atoms with Crippen LogP contribution in [0, 0.1) is 17.5 Å². The fourth-order valence-electron chi connectivity index (χ4n) is 3.36. The molecular formula is C21H20F3N3O. The fourth-order valence-corrected chi connectivity index (χ4v) is 3.36. The molecule has 0 saturated carbocycles. The van der Waals surface area contributed by atoms with Gasteiger partial charge in [0.05, 0.1) is 0 Å². The third-order valence-electron chi connectivity index (χ3n) is 4.81. The molecule has 0 aromatic heterocycles. The summed E-state index contributed by atoms with van der Waals surface area (Å²) in [4.78, 5) is 8.80. The topological polar surface area (TPSA) is 28.1 Å². The fraction of sp³-hybridized carbons (Fsp3) is 0.286. The van der Waals surface area contributed by atoms with Crippen molar-refractivity contribution in [3.05, 3.63) is 82.9 Å². The van der Waals surface area contributed by atoms with Gasteiger partial charge in [-0.3, -0.25) is 0 Å². The Bertz CT molecular complexity index is 912. The molecule has 0 radical (unpaired) electrons. The lowest BCUT2D eigenvalue weighted by Crippen LogP contribution is -2.44. The third kappa shape index (κ3) is 4.13. The van der Waals surface area contributed by atoms with Crippen LogP contribution in [0.15, 0.2) is 59.4 Å². The molecule has 2 aromatic rings. The molecule has 0 amide bonds. The Morgan fingerprint density at radius 3 is 2.50 bits per heavy atom. The first-order chi connectivity index (χ1) is 13.6. The van der Waals surface area contributed by atoms with E-state index in [1.807, 2.05) is 6.08 Å². The normalized spacial score (nSPS) is 16.4. The Morgan fingerprint density at radius 1 is 0.929 bits per heavy atom. The zero-order valence-electron chi connectivity index (χ0n) is 15.2. The molecule has 146 valence electrons. The minimum absolute atomic E-state index is 0.109. The minimum Gasteiger partial charge on any atom is -0.473 e. The van der Waals surface area contributed by atoms with Crippen molar-refractivity contribution >= 4 is 5.90 Å². The Morgan fingerprint density at radius 2 is 1.71 bits per heavy atom. The van der Waals surface area contributed by atoms with Gasteiger partial charge in [0.1, 0.15) is 24.9 Å². The molecule has 1 saturated heterocycles. The van der Waals surface area contributed by atoms with Gasteiger partial charge >= 0.3 is 0 Å². The van der Waals surface area contributed by atoms with Gasteiger partial charge in [-0.25, -0.2) is 18.2 Å². The number of hydrogen-bond acceptors (Lipinski definition) is 4. The zero-order valence-corrected chi connectivity index (χ0v) is 15.2. The van der Waals surface area contributed by atoms with Crippen molar-refractivity contribution in [1.29, 1.82) is 0 Å². The first kappa shape index (κ1) is 18.4. The molecule has 0 bridgehead atoms. The first-order valence-electron chi connectivity index (χ1n) is 9.16. The number of halogens is 3. The third-order valence-corrected chi connectivity index (χ3v) is 4.81. The van der Waals surface area contributed by atoms with Gasteiger partial charge in [-0.2, -0.15) is 0 Å². The molecule has 2 heterocycles. The van der Waals surface area contributed by atoms with E-state index in [-0.39, 0.29) is 12.4 Å². The van der Waals surface area contributed by atoms with Crippen molar-refractivity contribution in [3.8, 4) is 0 Å². The number of nitrogens with zero attached hydrogens (tertiary/aromatic N) is 3. The van der Waals surface area contributed by atoms with E-state index in [1.54, 1.807) is 12.1 Å². The van der Waals surface area contributed by atoms with E-state index in [4.69, 9.17) is 4.74 Å². The summed E-state index contributed by atoms with van der Waals surface area (Å²) in [5, 5.41) is 0. The van der Waals surface area contributed by atoms with Crippen LogP contribution in [0.1, 0.15) is 17.5 Å². The molecule has 2 aromatic carbocycles. The van der Waals surface area contributed by atoms with Crippen LogP contribution >= 0.6 is 0 Å². The molecule has 4 nitrogen and oxygen atoms in total. The molecule has 2 aliphatic rings. The van der Waals surface area contributed by atoms with Crippen LogP contribution in [-0.4, -0.2) is 35.5 Å². The second kappa shape index (κ2) is 7.96. The van der Waals surface area contributed by atoms with E-state index in [9.17, 15) is 13.2 Å². The van der Waals surface area contributed by atoms with E-state index < -0.39 is 11.6 Å². The minimum atomic E-state index is -0.894. The predicted molar refractivity (Wildman–Crippen MR) is 99.7 cm³/mol. The summed E-state index contributed by atoms with van der Waals surface area (Å²) in [6.45, 7) is 3.05. The SMILES string of the molecule is Fc1ccc(CN2CCCN3CN=C(OCc4ccc(F)c(F)c4)C=C32)cc1. The highest BCUT2D eigenvalue weighted by molar-refractivity contribution is 5.88. The van der Waals surface area contributed by atoms with Gasteiger partial charge in [-0.1, -0.05) is 18.2 Å². The Labute approximate surface area is 161 Å². The maximum atomic E-state index is 13.3. The van der Waals surface area contributed by atoms with Crippen molar-refractivity contribution in [2.45, 2.75) is 19.6 Å². The average Bonchev–Trinajstić information content (AvgIpc) is 2.71. The van der Waals surface area contributed by atoms with Gasteiger partial charge in [0.2, 0.25) is 5.90 Å². The Kier molecular flexibility index (Phi) is 5.23. The highest BCUT2D eigenvalue weighted by Gasteiger charge is 2.25. The molecule has 0 atom stereocenters. The monoisotopic (exact) mass is 387 g/mol. The highest BCUT2D eigenvalue weighted by atomic mass is 19.2. The van der Waals surface area contributed by atoms with Gasteiger partial charge in [0, 0.05) is 25.7 Å². The molecule has 0 aliphatic carbocycles. The molecule has 2 aliphatic heterocycles. The van der Waals surface area contributed by atoms with Crippen molar-refractivity contribution in [2.75, 3.05) is 19.8 Å². The first-order valence-corrected chi connectivity index (χ1v) is 9.16. The molecule has 28 heavy (non-hydrogen) atoms. The van der Waals surface area contributed by atoms with Crippen molar-refractivity contribution < 1.29 is 17.9 Å². The Balaban J connectivity index is 1.45. The summed E-state index contributed by atoms with van der Waals surface area (Å²) < 4.78 is 45.2.